The molecule has 0 fully saturated rings. The predicted octanol–water partition coefficient (Wildman–Crippen LogP) is 2.51. The van der Waals surface area contributed by atoms with Gasteiger partial charge in [-0.1, -0.05) is 12.1 Å². The van der Waals surface area contributed by atoms with E-state index < -0.39 is 6.10 Å². The molecule has 1 aromatic heterocycles. The van der Waals surface area contributed by atoms with Gasteiger partial charge in [0.1, 0.15) is 6.10 Å². The molecule has 0 aliphatic rings. The monoisotopic (exact) mass is 278 g/mol. The van der Waals surface area contributed by atoms with Crippen molar-refractivity contribution in [3.63, 3.8) is 0 Å². The fourth-order valence-corrected chi connectivity index (χ4v) is 1.90. The summed E-state index contributed by atoms with van der Waals surface area (Å²) in [6, 6.07) is 9.04. The molecule has 16 heavy (non-hydrogen) atoms. The molecule has 4 heteroatoms. The molecule has 0 aliphatic carbocycles. The highest BCUT2D eigenvalue weighted by molar-refractivity contribution is 9.10. The summed E-state index contributed by atoms with van der Waals surface area (Å²) in [5.74, 6) is 0. The number of benzene rings is 1. The third-order valence-corrected chi connectivity index (χ3v) is 3.09. The van der Waals surface area contributed by atoms with Gasteiger partial charge in [0.25, 0.3) is 0 Å². The molecule has 0 spiro atoms. The lowest BCUT2D eigenvalue weighted by atomic mass is 10.0. The Morgan fingerprint density at radius 1 is 1.19 bits per heavy atom. The summed E-state index contributed by atoms with van der Waals surface area (Å²) in [6.07, 6.45) is 2.57. The van der Waals surface area contributed by atoms with Crippen molar-refractivity contribution in [1.29, 1.82) is 0 Å². The van der Waals surface area contributed by atoms with Crippen molar-refractivity contribution >= 4 is 21.6 Å². The lowest BCUT2D eigenvalue weighted by Gasteiger charge is -2.14. The number of aromatic nitrogens is 1. The van der Waals surface area contributed by atoms with Crippen LogP contribution in [-0.2, 0) is 0 Å². The third-order valence-electron chi connectivity index (χ3n) is 2.40. The Morgan fingerprint density at radius 3 is 2.56 bits per heavy atom. The molecule has 82 valence electrons. The fraction of sp³-hybridized carbons (Fsp3) is 0.0833. The maximum Gasteiger partial charge on any atom is 0.106 e. The number of nitrogens with two attached hydrogens (primary N) is 1. The van der Waals surface area contributed by atoms with Gasteiger partial charge in [0.2, 0.25) is 0 Å². The molecule has 2 rings (SSSR count). The second kappa shape index (κ2) is 4.63. The molecule has 1 heterocycles. The molecule has 3 nitrogen and oxygen atoms in total. The van der Waals surface area contributed by atoms with Crippen LogP contribution >= 0.6 is 15.9 Å². The molecule has 0 saturated heterocycles. The molecule has 1 atom stereocenters. The molecular weight excluding hydrogens is 268 g/mol. The van der Waals surface area contributed by atoms with Gasteiger partial charge in [-0.15, -0.1) is 0 Å². The van der Waals surface area contributed by atoms with E-state index in [1.807, 2.05) is 18.2 Å². The summed E-state index contributed by atoms with van der Waals surface area (Å²) in [5.41, 5.74) is 7.93. The maximum absolute atomic E-state index is 10.2. The van der Waals surface area contributed by atoms with Gasteiger partial charge in [0.15, 0.2) is 0 Å². The van der Waals surface area contributed by atoms with Gasteiger partial charge in [0, 0.05) is 22.4 Å². The number of halogens is 1. The number of para-hydroxylation sites is 1. The van der Waals surface area contributed by atoms with Crippen molar-refractivity contribution in [1.82, 2.24) is 4.98 Å². The first-order valence-corrected chi connectivity index (χ1v) is 5.61. The van der Waals surface area contributed by atoms with Gasteiger partial charge in [-0.25, -0.2) is 0 Å². The van der Waals surface area contributed by atoms with E-state index in [0.29, 0.717) is 11.3 Å². The molecular formula is C12H11BrN2O. The highest BCUT2D eigenvalue weighted by Gasteiger charge is 2.14. The Labute approximate surface area is 102 Å². The van der Waals surface area contributed by atoms with E-state index >= 15 is 0 Å². The third kappa shape index (κ3) is 2.08. The highest BCUT2D eigenvalue weighted by atomic mass is 79.9. The molecule has 0 bridgehead atoms. The van der Waals surface area contributed by atoms with Crippen LogP contribution in [0.2, 0.25) is 0 Å². The van der Waals surface area contributed by atoms with Gasteiger partial charge in [0.05, 0.1) is 5.69 Å². The number of hydrogen-bond donors (Lipinski definition) is 2. The number of anilines is 1. The highest BCUT2D eigenvalue weighted by Crippen LogP contribution is 2.31. The van der Waals surface area contributed by atoms with Crippen LogP contribution in [-0.4, -0.2) is 10.1 Å². The lowest BCUT2D eigenvalue weighted by molar-refractivity contribution is 0.221. The van der Waals surface area contributed by atoms with E-state index in [0.717, 1.165) is 10.0 Å². The van der Waals surface area contributed by atoms with Gasteiger partial charge in [-0.2, -0.15) is 0 Å². The van der Waals surface area contributed by atoms with Crippen LogP contribution in [0.15, 0.2) is 47.2 Å². The first-order valence-electron chi connectivity index (χ1n) is 4.82. The van der Waals surface area contributed by atoms with Gasteiger partial charge in [-0.3, -0.25) is 4.98 Å². The topological polar surface area (TPSA) is 59.1 Å². The first kappa shape index (κ1) is 11.1. The zero-order valence-electron chi connectivity index (χ0n) is 8.47. The second-order valence-electron chi connectivity index (χ2n) is 3.43. The van der Waals surface area contributed by atoms with E-state index in [-0.39, 0.29) is 0 Å². The minimum absolute atomic E-state index is 0.562. The smallest absolute Gasteiger partial charge is 0.106 e. The van der Waals surface area contributed by atoms with E-state index in [2.05, 4.69) is 20.9 Å². The summed E-state index contributed by atoms with van der Waals surface area (Å²) in [5, 5.41) is 10.2. The average molecular weight is 279 g/mol. The largest absolute Gasteiger partial charge is 0.398 e. The van der Waals surface area contributed by atoms with E-state index in [4.69, 9.17) is 5.73 Å². The van der Waals surface area contributed by atoms with Crippen LogP contribution < -0.4 is 5.73 Å². The lowest BCUT2D eigenvalue weighted by Crippen LogP contribution is -2.04. The minimum Gasteiger partial charge on any atom is -0.398 e. The zero-order chi connectivity index (χ0) is 11.5. The number of rotatable bonds is 2. The van der Waals surface area contributed by atoms with Crippen molar-refractivity contribution in [2.75, 3.05) is 5.73 Å². The average Bonchev–Trinajstić information content (AvgIpc) is 2.33. The van der Waals surface area contributed by atoms with E-state index in [1.165, 1.54) is 0 Å². The number of nitrogens with zero attached hydrogens (tertiary/aromatic N) is 1. The molecule has 0 aliphatic heterocycles. The maximum atomic E-state index is 10.2. The van der Waals surface area contributed by atoms with E-state index in [1.54, 1.807) is 24.5 Å². The normalized spacial score (nSPS) is 12.4. The SMILES string of the molecule is Nc1c(Br)cccc1C(O)c1ccncc1. The Hall–Kier alpha value is -1.39. The van der Waals surface area contributed by atoms with E-state index in [9.17, 15) is 5.11 Å². The van der Waals surface area contributed by atoms with Gasteiger partial charge >= 0.3 is 0 Å². The Kier molecular flexibility index (Phi) is 3.22. The number of pyridine rings is 1. The van der Waals surface area contributed by atoms with Crippen molar-refractivity contribution < 1.29 is 5.11 Å². The quantitative estimate of drug-likeness (QED) is 0.830. The van der Waals surface area contributed by atoms with Crippen LogP contribution in [0.25, 0.3) is 0 Å². The second-order valence-corrected chi connectivity index (χ2v) is 4.28. The molecule has 0 saturated carbocycles. The van der Waals surface area contributed by atoms with Crippen LogP contribution in [0.1, 0.15) is 17.2 Å². The van der Waals surface area contributed by atoms with Crippen molar-refractivity contribution in [2.45, 2.75) is 6.10 Å². The Morgan fingerprint density at radius 2 is 1.88 bits per heavy atom. The Balaban J connectivity index is 2.42. The molecule has 0 radical (unpaired) electrons. The summed E-state index contributed by atoms with van der Waals surface area (Å²) < 4.78 is 0.790. The Bertz CT molecular complexity index is 488. The van der Waals surface area contributed by atoms with Crippen LogP contribution in [0.5, 0.6) is 0 Å². The number of hydrogen-bond acceptors (Lipinski definition) is 3. The minimum atomic E-state index is -0.722. The summed E-state index contributed by atoms with van der Waals surface area (Å²) in [4.78, 5) is 3.91. The number of nitrogen functional groups attached to an aromatic ring is 1. The molecule has 1 aromatic carbocycles. The van der Waals surface area contributed by atoms with Crippen LogP contribution in [0.3, 0.4) is 0 Å². The molecule has 2 aromatic rings. The molecule has 1 unspecified atom stereocenters. The van der Waals surface area contributed by atoms with Gasteiger partial charge in [-0.05, 0) is 39.7 Å². The summed E-state index contributed by atoms with van der Waals surface area (Å²) in [6.45, 7) is 0. The molecule has 0 amide bonds. The fourth-order valence-electron chi connectivity index (χ4n) is 1.52. The number of aliphatic hydroxyl groups is 1. The summed E-state index contributed by atoms with van der Waals surface area (Å²) in [7, 11) is 0. The van der Waals surface area contributed by atoms with Crippen molar-refractivity contribution in [3.05, 3.63) is 58.3 Å². The molecule has 3 N–H and O–H groups in total. The number of aliphatic hydroxyl groups excluding tert-OH is 1. The predicted molar refractivity (Wildman–Crippen MR) is 66.9 cm³/mol. The van der Waals surface area contributed by atoms with Crippen molar-refractivity contribution in [2.24, 2.45) is 0 Å². The zero-order valence-corrected chi connectivity index (χ0v) is 10.1. The first-order chi connectivity index (χ1) is 7.70. The summed E-state index contributed by atoms with van der Waals surface area (Å²) >= 11 is 3.34. The van der Waals surface area contributed by atoms with Crippen LogP contribution in [0.4, 0.5) is 5.69 Å². The van der Waals surface area contributed by atoms with Crippen molar-refractivity contribution in [3.8, 4) is 0 Å². The standard InChI is InChI=1S/C12H11BrN2O/c13-10-3-1-2-9(11(10)14)12(16)8-4-6-15-7-5-8/h1-7,12,16H,14H2. The van der Waals surface area contributed by atoms with Gasteiger partial charge < -0.3 is 10.8 Å². The van der Waals surface area contributed by atoms with Crippen LogP contribution in [0, 0.1) is 0 Å².